The van der Waals surface area contributed by atoms with Crippen LogP contribution in [-0.2, 0) is 13.6 Å². The van der Waals surface area contributed by atoms with Crippen molar-refractivity contribution in [3.8, 4) is 0 Å². The van der Waals surface area contributed by atoms with Crippen LogP contribution in [0.3, 0.4) is 0 Å². The van der Waals surface area contributed by atoms with E-state index in [1.54, 1.807) is 24.1 Å². The third kappa shape index (κ3) is 2.87. The van der Waals surface area contributed by atoms with Gasteiger partial charge in [0.2, 0.25) is 0 Å². The van der Waals surface area contributed by atoms with E-state index in [2.05, 4.69) is 10.4 Å². The number of hydrogen-bond donors (Lipinski definition) is 2. The topological polar surface area (TPSA) is 67.2 Å². The van der Waals surface area contributed by atoms with Crippen LogP contribution < -0.4 is 5.32 Å². The maximum atomic E-state index is 13.5. The number of nitrogens with zero attached hydrogens (tertiary/aromatic N) is 2. The van der Waals surface area contributed by atoms with E-state index in [1.165, 1.54) is 0 Å². The van der Waals surface area contributed by atoms with E-state index in [4.69, 9.17) is 5.11 Å². The molecule has 0 aliphatic carbocycles. The fourth-order valence-electron chi connectivity index (χ4n) is 1.61. The lowest BCUT2D eigenvalue weighted by Gasteiger charge is -2.08. The third-order valence-electron chi connectivity index (χ3n) is 2.53. The summed E-state index contributed by atoms with van der Waals surface area (Å²) in [5.74, 6) is -3.38. The maximum Gasteiger partial charge on any atom is 0.338 e. The molecule has 0 saturated carbocycles. The summed E-state index contributed by atoms with van der Waals surface area (Å²) < 4.78 is 28.3. The summed E-state index contributed by atoms with van der Waals surface area (Å²) in [7, 11) is 1.74. The number of aryl methyl sites for hydroxylation is 1. The van der Waals surface area contributed by atoms with Crippen LogP contribution in [0.4, 0.5) is 14.5 Å². The van der Waals surface area contributed by atoms with Gasteiger partial charge >= 0.3 is 5.97 Å². The number of carbonyl (C=O) groups is 1. The lowest BCUT2D eigenvalue weighted by atomic mass is 10.1. The van der Waals surface area contributed by atoms with Gasteiger partial charge in [0.1, 0.15) is 11.6 Å². The highest BCUT2D eigenvalue weighted by Crippen LogP contribution is 2.20. The third-order valence-corrected chi connectivity index (χ3v) is 2.53. The highest BCUT2D eigenvalue weighted by molar-refractivity contribution is 5.89. The molecule has 0 amide bonds. The Morgan fingerprint density at radius 2 is 2.16 bits per heavy atom. The fourth-order valence-corrected chi connectivity index (χ4v) is 1.61. The standard InChI is InChI=1S/C12H11F2N3O2/c1-17-6-7(5-16-17)4-15-11-2-8(12(18)19)9(13)3-10(11)14/h2-3,5-6,15H,4H2,1H3,(H,18,19). The van der Waals surface area contributed by atoms with Crippen LogP contribution in [0.1, 0.15) is 15.9 Å². The normalized spacial score (nSPS) is 10.5. The predicted octanol–water partition coefficient (Wildman–Crippen LogP) is 2.01. The molecule has 1 aromatic heterocycles. The average molecular weight is 267 g/mol. The van der Waals surface area contributed by atoms with Crippen molar-refractivity contribution < 1.29 is 18.7 Å². The van der Waals surface area contributed by atoms with E-state index in [0.717, 1.165) is 11.6 Å². The number of anilines is 1. The molecule has 0 bridgehead atoms. The van der Waals surface area contributed by atoms with Gasteiger partial charge in [0.05, 0.1) is 17.4 Å². The Morgan fingerprint density at radius 1 is 1.42 bits per heavy atom. The second-order valence-corrected chi connectivity index (χ2v) is 3.99. The summed E-state index contributed by atoms with van der Waals surface area (Å²) in [6.45, 7) is 0.259. The first-order chi connectivity index (χ1) is 8.97. The molecule has 2 aromatic rings. The minimum atomic E-state index is -1.44. The molecule has 1 heterocycles. The Morgan fingerprint density at radius 3 is 2.74 bits per heavy atom. The SMILES string of the molecule is Cn1cc(CNc2cc(C(=O)O)c(F)cc2F)cn1. The van der Waals surface area contributed by atoms with Gasteiger partial charge in [-0.25, -0.2) is 13.6 Å². The van der Waals surface area contributed by atoms with Gasteiger partial charge in [-0.3, -0.25) is 4.68 Å². The van der Waals surface area contributed by atoms with Crippen molar-refractivity contribution in [2.24, 2.45) is 7.05 Å². The van der Waals surface area contributed by atoms with Crippen molar-refractivity contribution in [1.82, 2.24) is 9.78 Å². The Balaban J connectivity index is 2.20. The highest BCUT2D eigenvalue weighted by Gasteiger charge is 2.15. The smallest absolute Gasteiger partial charge is 0.338 e. The Hall–Kier alpha value is -2.44. The van der Waals surface area contributed by atoms with Crippen molar-refractivity contribution in [1.29, 1.82) is 0 Å². The zero-order chi connectivity index (χ0) is 14.0. The van der Waals surface area contributed by atoms with Crippen molar-refractivity contribution in [3.63, 3.8) is 0 Å². The number of nitrogens with one attached hydrogen (secondary N) is 1. The van der Waals surface area contributed by atoms with Crippen LogP contribution in [0.25, 0.3) is 0 Å². The maximum absolute atomic E-state index is 13.5. The van der Waals surface area contributed by atoms with Gasteiger partial charge in [-0.2, -0.15) is 5.10 Å². The Labute approximate surface area is 107 Å². The minimum Gasteiger partial charge on any atom is -0.478 e. The van der Waals surface area contributed by atoms with Gasteiger partial charge in [-0.05, 0) is 6.07 Å². The number of carboxylic acid groups (broad SMARTS) is 1. The molecule has 0 aliphatic heterocycles. The molecule has 19 heavy (non-hydrogen) atoms. The van der Waals surface area contributed by atoms with Crippen LogP contribution >= 0.6 is 0 Å². The number of halogens is 2. The second kappa shape index (κ2) is 5.05. The number of aromatic carboxylic acids is 1. The van der Waals surface area contributed by atoms with Gasteiger partial charge in [-0.1, -0.05) is 0 Å². The molecule has 7 heteroatoms. The van der Waals surface area contributed by atoms with E-state index in [1.807, 2.05) is 0 Å². The number of benzene rings is 1. The number of rotatable bonds is 4. The zero-order valence-electron chi connectivity index (χ0n) is 10.0. The fraction of sp³-hybridized carbons (Fsp3) is 0.167. The first kappa shape index (κ1) is 13.0. The van der Waals surface area contributed by atoms with E-state index in [9.17, 15) is 13.6 Å². The Kier molecular flexibility index (Phi) is 3.46. The van der Waals surface area contributed by atoms with Gasteiger partial charge < -0.3 is 10.4 Å². The number of aromatic nitrogens is 2. The molecule has 0 fully saturated rings. The summed E-state index contributed by atoms with van der Waals surface area (Å²) in [6.07, 6.45) is 3.32. The first-order valence-electron chi connectivity index (χ1n) is 5.41. The molecule has 1 aromatic carbocycles. The summed E-state index contributed by atoms with van der Waals surface area (Å²) >= 11 is 0. The van der Waals surface area contributed by atoms with Crippen molar-refractivity contribution in [2.45, 2.75) is 6.54 Å². The molecule has 0 atom stereocenters. The second-order valence-electron chi connectivity index (χ2n) is 3.99. The molecule has 2 rings (SSSR count). The highest BCUT2D eigenvalue weighted by atomic mass is 19.1. The lowest BCUT2D eigenvalue weighted by Crippen LogP contribution is -2.06. The molecular weight excluding hydrogens is 256 g/mol. The summed E-state index contributed by atoms with van der Waals surface area (Å²) in [4.78, 5) is 10.8. The van der Waals surface area contributed by atoms with Crippen molar-refractivity contribution in [2.75, 3.05) is 5.32 Å². The molecule has 0 aliphatic rings. The van der Waals surface area contributed by atoms with Gasteiger partial charge in [0.25, 0.3) is 0 Å². The lowest BCUT2D eigenvalue weighted by molar-refractivity contribution is 0.0692. The summed E-state index contributed by atoms with van der Waals surface area (Å²) in [5, 5.41) is 15.4. The van der Waals surface area contributed by atoms with E-state index in [0.29, 0.717) is 6.07 Å². The summed E-state index contributed by atoms with van der Waals surface area (Å²) in [6, 6.07) is 1.48. The first-order valence-corrected chi connectivity index (χ1v) is 5.41. The van der Waals surface area contributed by atoms with Crippen molar-refractivity contribution >= 4 is 11.7 Å². The molecule has 0 spiro atoms. The predicted molar refractivity (Wildman–Crippen MR) is 63.9 cm³/mol. The summed E-state index contributed by atoms with van der Waals surface area (Å²) in [5.41, 5.74) is 0.154. The molecule has 0 unspecified atom stereocenters. The van der Waals surface area contributed by atoms with Crippen LogP contribution in [0.2, 0.25) is 0 Å². The average Bonchev–Trinajstić information content (AvgIpc) is 2.73. The van der Waals surface area contributed by atoms with Crippen molar-refractivity contribution in [3.05, 3.63) is 47.3 Å². The molecule has 100 valence electrons. The van der Waals surface area contributed by atoms with E-state index in [-0.39, 0.29) is 12.2 Å². The van der Waals surface area contributed by atoms with Gasteiger partial charge in [0.15, 0.2) is 0 Å². The van der Waals surface area contributed by atoms with E-state index < -0.39 is 23.2 Å². The van der Waals surface area contributed by atoms with Gasteiger partial charge in [-0.15, -0.1) is 0 Å². The number of carboxylic acids is 1. The molecule has 5 nitrogen and oxygen atoms in total. The van der Waals surface area contributed by atoms with Crippen LogP contribution in [-0.4, -0.2) is 20.9 Å². The molecule has 0 radical (unpaired) electrons. The van der Waals surface area contributed by atoms with Gasteiger partial charge in [0, 0.05) is 31.4 Å². The number of hydrogen-bond acceptors (Lipinski definition) is 3. The molecule has 2 N–H and O–H groups in total. The molecular formula is C12H11F2N3O2. The molecule has 0 saturated heterocycles. The zero-order valence-corrected chi connectivity index (χ0v) is 10.0. The van der Waals surface area contributed by atoms with Crippen LogP contribution in [0, 0.1) is 11.6 Å². The largest absolute Gasteiger partial charge is 0.478 e. The quantitative estimate of drug-likeness (QED) is 0.889. The Bertz CT molecular complexity index is 625. The van der Waals surface area contributed by atoms with E-state index >= 15 is 0 Å². The monoisotopic (exact) mass is 267 g/mol. The van der Waals surface area contributed by atoms with Crippen LogP contribution in [0.15, 0.2) is 24.5 Å². The minimum absolute atomic E-state index is 0.0670. The van der Waals surface area contributed by atoms with Crippen LogP contribution in [0.5, 0.6) is 0 Å².